The number of carbonyl (C=O) groups is 1. The normalized spacial score (nSPS) is 24.7. The van der Waals surface area contributed by atoms with Crippen LogP contribution < -0.4 is 4.74 Å². The molecule has 0 saturated carbocycles. The number of ether oxygens (including phenoxy) is 2. The van der Waals surface area contributed by atoms with Gasteiger partial charge in [-0.2, -0.15) is 0 Å². The van der Waals surface area contributed by atoms with Gasteiger partial charge in [-0.3, -0.25) is 0 Å². The zero-order valence-electron chi connectivity index (χ0n) is 14.0. The molecule has 2 saturated heterocycles. The predicted octanol–water partition coefficient (Wildman–Crippen LogP) is 3.51. The summed E-state index contributed by atoms with van der Waals surface area (Å²) >= 11 is 0. The van der Waals surface area contributed by atoms with Crippen LogP contribution >= 0.6 is 0 Å². The summed E-state index contributed by atoms with van der Waals surface area (Å²) < 4.78 is 10.6. The Morgan fingerprint density at radius 1 is 1.13 bits per heavy atom. The highest BCUT2D eigenvalue weighted by atomic mass is 16.5. The molecule has 0 N–H and O–H groups in total. The van der Waals surface area contributed by atoms with Gasteiger partial charge in [0.05, 0.1) is 19.3 Å². The van der Waals surface area contributed by atoms with Gasteiger partial charge in [0.25, 0.3) is 0 Å². The number of carbonyl (C=O) groups excluding carboxylic acids is 1. The van der Waals surface area contributed by atoms with E-state index in [1.54, 1.807) is 31.4 Å². The average molecular weight is 317 g/mol. The van der Waals surface area contributed by atoms with Crippen LogP contribution in [0.5, 0.6) is 5.75 Å². The van der Waals surface area contributed by atoms with Crippen molar-refractivity contribution in [3.05, 3.63) is 29.8 Å². The molecule has 2 fully saturated rings. The maximum atomic E-state index is 12.1. The largest absolute Gasteiger partial charge is 0.497 e. The number of benzene rings is 1. The fourth-order valence-electron chi connectivity index (χ4n) is 4.03. The summed E-state index contributed by atoms with van der Waals surface area (Å²) in [7, 11) is 1.62. The second-order valence-corrected chi connectivity index (χ2v) is 6.65. The molecule has 2 aliphatic heterocycles. The molecule has 0 aliphatic carbocycles. The number of piperidine rings is 2. The Hall–Kier alpha value is -1.55. The van der Waals surface area contributed by atoms with Crippen LogP contribution in [0.3, 0.4) is 0 Å². The third-order valence-electron chi connectivity index (χ3n) is 5.28. The molecule has 2 atom stereocenters. The lowest BCUT2D eigenvalue weighted by Gasteiger charge is -2.44. The van der Waals surface area contributed by atoms with Gasteiger partial charge in [0.2, 0.25) is 0 Å². The van der Waals surface area contributed by atoms with E-state index < -0.39 is 0 Å². The van der Waals surface area contributed by atoms with Crippen molar-refractivity contribution in [1.82, 2.24) is 4.90 Å². The number of fused-ring (bicyclic) bond motifs is 1. The van der Waals surface area contributed by atoms with Crippen molar-refractivity contribution in [2.75, 3.05) is 26.8 Å². The Bertz CT molecular complexity index is 512. The number of hydrogen-bond donors (Lipinski definition) is 0. The molecule has 4 nitrogen and oxygen atoms in total. The number of hydrogen-bond acceptors (Lipinski definition) is 4. The lowest BCUT2D eigenvalue weighted by Crippen LogP contribution is -2.48. The molecule has 2 heterocycles. The minimum absolute atomic E-state index is 0.232. The van der Waals surface area contributed by atoms with Gasteiger partial charge in [0.1, 0.15) is 5.75 Å². The van der Waals surface area contributed by atoms with Gasteiger partial charge in [-0.25, -0.2) is 4.79 Å². The lowest BCUT2D eigenvalue weighted by atomic mass is 9.82. The van der Waals surface area contributed by atoms with E-state index in [1.165, 1.54) is 45.2 Å². The van der Waals surface area contributed by atoms with Gasteiger partial charge in [-0.1, -0.05) is 6.42 Å². The monoisotopic (exact) mass is 317 g/mol. The molecule has 23 heavy (non-hydrogen) atoms. The van der Waals surface area contributed by atoms with E-state index in [-0.39, 0.29) is 5.97 Å². The van der Waals surface area contributed by atoms with E-state index in [2.05, 4.69) is 4.90 Å². The van der Waals surface area contributed by atoms with Gasteiger partial charge in [0.15, 0.2) is 0 Å². The fourth-order valence-corrected chi connectivity index (χ4v) is 4.03. The highest BCUT2D eigenvalue weighted by molar-refractivity contribution is 5.89. The molecule has 0 spiro atoms. The average Bonchev–Trinajstić information content (AvgIpc) is 2.62. The second kappa shape index (κ2) is 7.82. The summed E-state index contributed by atoms with van der Waals surface area (Å²) in [6.45, 7) is 3.04. The maximum Gasteiger partial charge on any atom is 0.338 e. The van der Waals surface area contributed by atoms with Crippen LogP contribution in [0.1, 0.15) is 48.9 Å². The minimum Gasteiger partial charge on any atom is -0.497 e. The van der Waals surface area contributed by atoms with Crippen molar-refractivity contribution >= 4 is 5.97 Å². The van der Waals surface area contributed by atoms with Crippen molar-refractivity contribution in [3.8, 4) is 5.75 Å². The zero-order valence-corrected chi connectivity index (χ0v) is 14.0. The van der Waals surface area contributed by atoms with Crippen molar-refractivity contribution < 1.29 is 14.3 Å². The summed E-state index contributed by atoms with van der Waals surface area (Å²) in [6.07, 6.45) is 7.56. The molecule has 4 heteroatoms. The Kier molecular flexibility index (Phi) is 5.55. The van der Waals surface area contributed by atoms with Crippen LogP contribution in [0.15, 0.2) is 24.3 Å². The number of methoxy groups -OCH3 is 1. The van der Waals surface area contributed by atoms with Gasteiger partial charge < -0.3 is 14.4 Å². The molecule has 0 amide bonds. The lowest BCUT2D eigenvalue weighted by molar-refractivity contribution is 0.0296. The van der Waals surface area contributed by atoms with E-state index >= 15 is 0 Å². The van der Waals surface area contributed by atoms with Crippen molar-refractivity contribution in [1.29, 1.82) is 0 Å². The molecule has 0 radical (unpaired) electrons. The van der Waals surface area contributed by atoms with Crippen LogP contribution in [-0.2, 0) is 4.74 Å². The fraction of sp³-hybridized carbons (Fsp3) is 0.632. The molecule has 0 bridgehead atoms. The highest BCUT2D eigenvalue weighted by Gasteiger charge is 2.32. The van der Waals surface area contributed by atoms with E-state index in [0.717, 1.165) is 18.2 Å². The smallest absolute Gasteiger partial charge is 0.338 e. The van der Waals surface area contributed by atoms with Gasteiger partial charge in [-0.15, -0.1) is 0 Å². The Balaban J connectivity index is 1.47. The van der Waals surface area contributed by atoms with E-state index in [0.29, 0.717) is 18.1 Å². The quantitative estimate of drug-likeness (QED) is 0.779. The molecule has 1 aromatic rings. The predicted molar refractivity (Wildman–Crippen MR) is 89.8 cm³/mol. The molecular weight excluding hydrogens is 290 g/mol. The third kappa shape index (κ3) is 4.05. The number of nitrogens with zero attached hydrogens (tertiary/aromatic N) is 1. The number of esters is 1. The summed E-state index contributed by atoms with van der Waals surface area (Å²) in [4.78, 5) is 14.8. The Morgan fingerprint density at radius 3 is 2.70 bits per heavy atom. The zero-order chi connectivity index (χ0) is 16.1. The standard InChI is InChI=1S/C19H27NO3/c1-22-17-9-7-16(8-10-17)19(21)23-14-11-15-5-4-13-20-12-3-2-6-18(15)20/h7-10,15,18H,2-6,11-14H2,1H3/t15-,18-/m1/s1. The van der Waals surface area contributed by atoms with Gasteiger partial charge in [-0.05, 0) is 75.4 Å². The van der Waals surface area contributed by atoms with E-state index in [1.807, 2.05) is 0 Å². The minimum atomic E-state index is -0.232. The van der Waals surface area contributed by atoms with E-state index in [9.17, 15) is 4.79 Å². The van der Waals surface area contributed by atoms with Gasteiger partial charge in [0, 0.05) is 6.04 Å². The summed E-state index contributed by atoms with van der Waals surface area (Å²) in [5, 5.41) is 0. The Labute approximate surface area is 138 Å². The van der Waals surface area contributed by atoms with Crippen LogP contribution in [0, 0.1) is 5.92 Å². The van der Waals surface area contributed by atoms with Crippen molar-refractivity contribution in [2.24, 2.45) is 5.92 Å². The molecule has 3 rings (SSSR count). The number of rotatable bonds is 5. The van der Waals surface area contributed by atoms with Crippen molar-refractivity contribution in [2.45, 2.75) is 44.6 Å². The molecule has 0 aromatic heterocycles. The maximum absolute atomic E-state index is 12.1. The van der Waals surface area contributed by atoms with Crippen LogP contribution in [0.25, 0.3) is 0 Å². The van der Waals surface area contributed by atoms with Gasteiger partial charge >= 0.3 is 5.97 Å². The first kappa shape index (κ1) is 16.3. The summed E-state index contributed by atoms with van der Waals surface area (Å²) in [6, 6.07) is 7.81. The summed E-state index contributed by atoms with van der Waals surface area (Å²) in [5.74, 6) is 1.21. The SMILES string of the molecule is COc1ccc(C(=O)OCC[C@H]2CCCN3CCCC[C@H]23)cc1. The van der Waals surface area contributed by atoms with E-state index in [4.69, 9.17) is 9.47 Å². The van der Waals surface area contributed by atoms with Crippen LogP contribution in [-0.4, -0.2) is 43.7 Å². The topological polar surface area (TPSA) is 38.8 Å². The van der Waals surface area contributed by atoms with Crippen LogP contribution in [0.2, 0.25) is 0 Å². The molecular formula is C19H27NO3. The first-order valence-corrected chi connectivity index (χ1v) is 8.83. The Morgan fingerprint density at radius 2 is 1.91 bits per heavy atom. The summed E-state index contributed by atoms with van der Waals surface area (Å²) in [5.41, 5.74) is 0.591. The first-order chi connectivity index (χ1) is 11.3. The molecule has 0 unspecified atom stereocenters. The van der Waals surface area contributed by atoms with Crippen LogP contribution in [0.4, 0.5) is 0 Å². The molecule has 126 valence electrons. The molecule has 2 aliphatic rings. The van der Waals surface area contributed by atoms with Crippen molar-refractivity contribution in [3.63, 3.8) is 0 Å². The third-order valence-corrected chi connectivity index (χ3v) is 5.28. The highest BCUT2D eigenvalue weighted by Crippen LogP contribution is 2.32. The second-order valence-electron chi connectivity index (χ2n) is 6.65. The molecule has 1 aromatic carbocycles. The first-order valence-electron chi connectivity index (χ1n) is 8.83.